The highest BCUT2D eigenvalue weighted by Crippen LogP contribution is 2.49. The zero-order valence-corrected chi connectivity index (χ0v) is 36.5. The number of rotatable bonds is 8. The van der Waals surface area contributed by atoms with Gasteiger partial charge in [0.1, 0.15) is 11.6 Å². The van der Waals surface area contributed by atoms with E-state index in [1.165, 1.54) is 57.8 Å². The Morgan fingerprint density at radius 3 is 1.63 bits per heavy atom. The molecule has 6 fully saturated rings. The third-order valence-corrected chi connectivity index (χ3v) is 11.9. The van der Waals surface area contributed by atoms with Gasteiger partial charge in [0.2, 0.25) is 0 Å². The van der Waals surface area contributed by atoms with Crippen molar-refractivity contribution in [2.45, 2.75) is 97.8 Å². The van der Waals surface area contributed by atoms with Crippen molar-refractivity contribution in [1.29, 1.82) is 0 Å². The second kappa shape index (κ2) is 18.7. The fourth-order valence-electron chi connectivity index (χ4n) is 7.14. The molecule has 63 heavy (non-hydrogen) atoms. The number of aryl methyl sites for hydroxylation is 1. The van der Waals surface area contributed by atoms with Gasteiger partial charge in [0.25, 0.3) is 11.8 Å². The third kappa shape index (κ3) is 11.0. The number of carbonyl (C=O) groups is 2. The molecule has 0 unspecified atom stereocenters. The number of hydrogen-bond acceptors (Lipinski definition) is 10. The van der Waals surface area contributed by atoms with Gasteiger partial charge < -0.3 is 28.7 Å². The van der Waals surface area contributed by atoms with Crippen molar-refractivity contribution < 1.29 is 37.3 Å². The van der Waals surface area contributed by atoms with Gasteiger partial charge in [-0.15, -0.1) is 10.2 Å². The van der Waals surface area contributed by atoms with Crippen molar-refractivity contribution in [3.8, 4) is 23.7 Å². The minimum Gasteiger partial charge on any atom is -0.350 e. The number of nitrogens with zero attached hydrogens (tertiary/aromatic N) is 8. The molecule has 0 N–H and O–H groups in total. The van der Waals surface area contributed by atoms with Gasteiger partial charge in [-0.2, -0.15) is 0 Å². The lowest BCUT2D eigenvalue weighted by atomic mass is 10.1. The maximum atomic E-state index is 14.8. The number of ether oxygens (including phenoxy) is 4. The molecule has 4 aliphatic carbocycles. The zero-order valence-electron chi connectivity index (χ0n) is 36.5. The Morgan fingerprint density at radius 2 is 1.17 bits per heavy atom. The SMILES string of the molecule is CC.CN(C(=O)c1cn(CC2OCC3(CC3)CO2)nn1)c1cc(C#CC2CC2)ccc1F.Cc1cc(C#CC2CC2)cc(F)c1N(C)C(=O)c1cn(CC2OCC3(CC3)CO2)nn1. The summed E-state index contributed by atoms with van der Waals surface area (Å²) in [5.41, 5.74) is 3.03. The smallest absolute Gasteiger partial charge is 0.280 e. The first-order valence-corrected chi connectivity index (χ1v) is 21.9. The lowest BCUT2D eigenvalue weighted by Crippen LogP contribution is -2.36. The van der Waals surface area contributed by atoms with Crippen molar-refractivity contribution in [3.63, 3.8) is 0 Å². The minimum absolute atomic E-state index is 0.126. The summed E-state index contributed by atoms with van der Waals surface area (Å²) in [5, 5.41) is 15.9. The topological polar surface area (TPSA) is 139 Å². The average Bonchev–Trinajstić information content (AvgIpc) is 4.15. The fourth-order valence-corrected chi connectivity index (χ4v) is 7.14. The molecule has 2 aromatic carbocycles. The highest BCUT2D eigenvalue weighted by Gasteiger charge is 2.48. The summed E-state index contributed by atoms with van der Waals surface area (Å²) >= 11 is 0. The molecule has 0 radical (unpaired) electrons. The Morgan fingerprint density at radius 1 is 0.698 bits per heavy atom. The van der Waals surface area contributed by atoms with Crippen LogP contribution in [-0.4, -0.2) is 94.9 Å². The molecule has 4 saturated carbocycles. The van der Waals surface area contributed by atoms with Crippen LogP contribution < -0.4 is 9.80 Å². The molecule has 16 heteroatoms. The summed E-state index contributed by atoms with van der Waals surface area (Å²) in [4.78, 5) is 28.2. The standard InChI is InChI=1S/C23H25FN4O3.C22H23FN4O3.C2H6/c1-15-9-17(6-5-16-3-4-16)10-18(24)21(15)27(2)22(29)19-11-28(26-25-19)12-20-30-13-23(7-8-23)14-31-20;1-26(19-10-16(6-7-17(19)23)5-4-15-2-3-15)21(28)18-11-27(25-24-18)12-20-29-13-22(8-9-22)14-30-20;1-2/h9-11,16,20H,3-4,7-8,12-14H2,1-2H3;6-7,10-11,15,20H,2-3,8-9,12-14H2,1H3;1-2H3. The first-order chi connectivity index (χ1) is 30.4. The van der Waals surface area contributed by atoms with Crippen molar-refractivity contribution >= 4 is 23.2 Å². The van der Waals surface area contributed by atoms with E-state index in [1.807, 2.05) is 13.8 Å². The zero-order chi connectivity index (χ0) is 44.3. The molecule has 4 aromatic rings. The lowest BCUT2D eigenvalue weighted by molar-refractivity contribution is -0.213. The monoisotopic (exact) mass is 864 g/mol. The lowest BCUT2D eigenvalue weighted by Gasteiger charge is -2.29. The van der Waals surface area contributed by atoms with Crippen LogP contribution in [0, 0.1) is 64.9 Å². The van der Waals surface area contributed by atoms with E-state index in [9.17, 15) is 18.4 Å². The Labute approximate surface area is 366 Å². The quantitative estimate of drug-likeness (QED) is 0.179. The Balaban J connectivity index is 0.000000166. The number of halogens is 2. The molecule has 2 aromatic heterocycles. The first kappa shape index (κ1) is 44.1. The van der Waals surface area contributed by atoms with Crippen LogP contribution in [0.2, 0.25) is 0 Å². The van der Waals surface area contributed by atoms with Crippen LogP contribution in [0.3, 0.4) is 0 Å². The molecule has 2 aliphatic heterocycles. The van der Waals surface area contributed by atoms with Crippen LogP contribution in [0.1, 0.15) is 103 Å². The van der Waals surface area contributed by atoms with Crippen molar-refractivity contribution in [3.05, 3.63) is 82.4 Å². The van der Waals surface area contributed by atoms with E-state index in [1.54, 1.807) is 25.1 Å². The predicted molar refractivity (Wildman–Crippen MR) is 228 cm³/mol. The van der Waals surface area contributed by atoms with Gasteiger partial charge in [-0.3, -0.25) is 9.59 Å². The molecular formula is C47H54F2N8O6. The van der Waals surface area contributed by atoms with Crippen LogP contribution in [0.4, 0.5) is 20.2 Å². The molecular weight excluding hydrogens is 811 g/mol. The second-order valence-corrected chi connectivity index (χ2v) is 17.4. The molecule has 4 heterocycles. The van der Waals surface area contributed by atoms with E-state index in [2.05, 4.69) is 44.3 Å². The van der Waals surface area contributed by atoms with Gasteiger partial charge in [-0.05, 0) is 94.2 Å². The Hall–Kier alpha value is -5.52. The average molecular weight is 865 g/mol. The number of amides is 2. The number of hydrogen-bond donors (Lipinski definition) is 0. The highest BCUT2D eigenvalue weighted by molar-refractivity contribution is 6.05. The summed E-state index contributed by atoms with van der Waals surface area (Å²) in [6, 6.07) is 7.72. The van der Waals surface area contributed by atoms with Gasteiger partial charge >= 0.3 is 0 Å². The molecule has 6 aliphatic rings. The molecule has 14 nitrogen and oxygen atoms in total. The number of benzene rings is 2. The van der Waals surface area contributed by atoms with Crippen LogP contribution in [0.15, 0.2) is 42.7 Å². The van der Waals surface area contributed by atoms with E-state index in [0.717, 1.165) is 51.4 Å². The van der Waals surface area contributed by atoms with Crippen LogP contribution in [0.5, 0.6) is 0 Å². The highest BCUT2D eigenvalue weighted by atomic mass is 19.1. The summed E-state index contributed by atoms with van der Waals surface area (Å²) in [5.74, 6) is 11.4. The summed E-state index contributed by atoms with van der Waals surface area (Å²) in [6.07, 6.45) is 11.3. The number of aromatic nitrogens is 6. The minimum atomic E-state index is -0.492. The van der Waals surface area contributed by atoms with Gasteiger partial charge in [0.15, 0.2) is 24.0 Å². The third-order valence-electron chi connectivity index (χ3n) is 11.9. The molecule has 2 amide bonds. The van der Waals surface area contributed by atoms with E-state index in [4.69, 9.17) is 18.9 Å². The summed E-state index contributed by atoms with van der Waals surface area (Å²) < 4.78 is 55.3. The molecule has 2 spiro atoms. The van der Waals surface area contributed by atoms with Crippen molar-refractivity contribution in [1.82, 2.24) is 30.0 Å². The van der Waals surface area contributed by atoms with E-state index in [0.29, 0.717) is 68.0 Å². The van der Waals surface area contributed by atoms with Crippen LogP contribution >= 0.6 is 0 Å². The van der Waals surface area contributed by atoms with Crippen LogP contribution in [0.25, 0.3) is 0 Å². The first-order valence-electron chi connectivity index (χ1n) is 21.9. The van der Waals surface area contributed by atoms with Crippen molar-refractivity contribution in [2.75, 3.05) is 50.3 Å². The summed E-state index contributed by atoms with van der Waals surface area (Å²) in [7, 11) is 3.05. The fraction of sp³-hybridized carbons (Fsp3) is 0.532. The van der Waals surface area contributed by atoms with Crippen molar-refractivity contribution in [2.24, 2.45) is 22.7 Å². The van der Waals surface area contributed by atoms with Gasteiger partial charge in [-0.1, -0.05) is 48.0 Å². The second-order valence-electron chi connectivity index (χ2n) is 17.4. The van der Waals surface area contributed by atoms with Crippen LogP contribution in [-0.2, 0) is 32.0 Å². The summed E-state index contributed by atoms with van der Waals surface area (Å²) in [6.45, 7) is 9.25. The maximum absolute atomic E-state index is 14.8. The van der Waals surface area contributed by atoms with E-state index < -0.39 is 36.0 Å². The molecule has 2 saturated heterocycles. The van der Waals surface area contributed by atoms with Gasteiger partial charge in [0, 0.05) is 47.9 Å². The van der Waals surface area contributed by atoms with Gasteiger partial charge in [-0.25, -0.2) is 18.1 Å². The number of carbonyl (C=O) groups excluding carboxylic acids is 2. The molecule has 332 valence electrons. The normalized spacial score (nSPS) is 20.1. The molecule has 0 atom stereocenters. The predicted octanol–water partition coefficient (Wildman–Crippen LogP) is 6.55. The number of anilines is 2. The molecule has 0 bridgehead atoms. The van der Waals surface area contributed by atoms with Gasteiger partial charge in [0.05, 0.1) is 63.3 Å². The Kier molecular flexibility index (Phi) is 13.1. The maximum Gasteiger partial charge on any atom is 0.280 e. The van der Waals surface area contributed by atoms with E-state index in [-0.39, 0.29) is 33.6 Å². The van der Waals surface area contributed by atoms with E-state index >= 15 is 0 Å². The molecule has 10 rings (SSSR count). The largest absolute Gasteiger partial charge is 0.350 e. The Bertz CT molecular complexity index is 2410.